The Balaban J connectivity index is 2.07. The molecule has 0 aliphatic carbocycles. The van der Waals surface area contributed by atoms with Crippen molar-refractivity contribution in [1.82, 2.24) is 4.90 Å². The van der Waals surface area contributed by atoms with E-state index in [0.29, 0.717) is 18.7 Å². The van der Waals surface area contributed by atoms with Gasteiger partial charge in [0.25, 0.3) is 0 Å². The number of benzene rings is 1. The number of amides is 1. The molecule has 0 bridgehead atoms. The number of likely N-dealkylation sites (N-methyl/N-ethyl adjacent to an activating group) is 1. The molecule has 1 aromatic carbocycles. The van der Waals surface area contributed by atoms with E-state index in [-0.39, 0.29) is 5.91 Å². The Kier molecular flexibility index (Phi) is 5.22. The first-order valence-electron chi connectivity index (χ1n) is 6.61. The highest BCUT2D eigenvalue weighted by molar-refractivity contribution is 7.09. The molecule has 2 aromatic rings. The Morgan fingerprint density at radius 2 is 2.05 bits per heavy atom. The first-order valence-corrected chi connectivity index (χ1v) is 7.49. The maximum absolute atomic E-state index is 12.3. The molecule has 5 heteroatoms. The fraction of sp³-hybridized carbons (Fsp3) is 0.312. The first-order chi connectivity index (χ1) is 10.1. The van der Waals surface area contributed by atoms with Crippen LogP contribution in [-0.4, -0.2) is 32.1 Å². The fourth-order valence-corrected chi connectivity index (χ4v) is 2.80. The van der Waals surface area contributed by atoms with Crippen LogP contribution in [0.4, 0.5) is 0 Å². The SMILES string of the molecule is COc1ccc(OC)c(CC(=O)N(C)Cc2cccs2)c1. The highest BCUT2D eigenvalue weighted by Gasteiger charge is 2.14. The lowest BCUT2D eigenvalue weighted by Gasteiger charge is -2.17. The van der Waals surface area contributed by atoms with Crippen molar-refractivity contribution < 1.29 is 14.3 Å². The summed E-state index contributed by atoms with van der Waals surface area (Å²) in [5.41, 5.74) is 0.833. The summed E-state index contributed by atoms with van der Waals surface area (Å²) in [5, 5.41) is 2.01. The van der Waals surface area contributed by atoms with E-state index >= 15 is 0 Å². The summed E-state index contributed by atoms with van der Waals surface area (Å²) in [5.74, 6) is 1.48. The molecule has 0 N–H and O–H groups in total. The van der Waals surface area contributed by atoms with Gasteiger partial charge in [0, 0.05) is 17.5 Å². The summed E-state index contributed by atoms with van der Waals surface area (Å²) in [4.78, 5) is 15.2. The Bertz CT molecular complexity index is 596. The minimum absolute atomic E-state index is 0.0509. The number of carbonyl (C=O) groups is 1. The van der Waals surface area contributed by atoms with Crippen LogP contribution >= 0.6 is 11.3 Å². The van der Waals surface area contributed by atoms with Crippen LogP contribution in [0.15, 0.2) is 35.7 Å². The average molecular weight is 305 g/mol. The lowest BCUT2D eigenvalue weighted by atomic mass is 10.1. The van der Waals surface area contributed by atoms with Gasteiger partial charge < -0.3 is 14.4 Å². The third-order valence-electron chi connectivity index (χ3n) is 3.23. The van der Waals surface area contributed by atoms with Gasteiger partial charge in [0.2, 0.25) is 5.91 Å². The predicted molar refractivity (Wildman–Crippen MR) is 84.0 cm³/mol. The standard InChI is InChI=1S/C16H19NO3S/c1-17(11-14-5-4-8-21-14)16(18)10-12-9-13(19-2)6-7-15(12)20-3/h4-9H,10-11H2,1-3H3. The first kappa shape index (κ1) is 15.4. The Morgan fingerprint density at radius 3 is 2.67 bits per heavy atom. The van der Waals surface area contributed by atoms with E-state index in [4.69, 9.17) is 9.47 Å². The summed E-state index contributed by atoms with van der Waals surface area (Å²) in [6.45, 7) is 0.628. The summed E-state index contributed by atoms with van der Waals surface area (Å²) < 4.78 is 10.5. The third kappa shape index (κ3) is 3.98. The monoisotopic (exact) mass is 305 g/mol. The van der Waals surface area contributed by atoms with E-state index in [9.17, 15) is 4.79 Å². The Morgan fingerprint density at radius 1 is 1.24 bits per heavy atom. The highest BCUT2D eigenvalue weighted by atomic mass is 32.1. The second-order valence-electron chi connectivity index (χ2n) is 4.68. The highest BCUT2D eigenvalue weighted by Crippen LogP contribution is 2.25. The van der Waals surface area contributed by atoms with Crippen molar-refractivity contribution in [1.29, 1.82) is 0 Å². The molecule has 0 radical (unpaired) electrons. The quantitative estimate of drug-likeness (QED) is 0.823. The van der Waals surface area contributed by atoms with Gasteiger partial charge in [0.05, 0.1) is 27.2 Å². The molecule has 1 heterocycles. The number of thiophene rings is 1. The van der Waals surface area contributed by atoms with E-state index in [1.807, 2.05) is 42.8 Å². The lowest BCUT2D eigenvalue weighted by molar-refractivity contribution is -0.129. The fourth-order valence-electron chi connectivity index (χ4n) is 2.04. The van der Waals surface area contributed by atoms with Crippen molar-refractivity contribution in [2.24, 2.45) is 0 Å². The number of hydrogen-bond acceptors (Lipinski definition) is 4. The maximum atomic E-state index is 12.3. The molecule has 0 atom stereocenters. The summed E-state index contributed by atoms with van der Waals surface area (Å²) >= 11 is 1.65. The van der Waals surface area contributed by atoms with E-state index in [0.717, 1.165) is 11.3 Å². The van der Waals surface area contributed by atoms with E-state index in [1.54, 1.807) is 30.5 Å². The van der Waals surface area contributed by atoms with Crippen LogP contribution in [0.1, 0.15) is 10.4 Å². The van der Waals surface area contributed by atoms with E-state index < -0.39 is 0 Å². The molecule has 112 valence electrons. The number of hydrogen-bond donors (Lipinski definition) is 0. The van der Waals surface area contributed by atoms with Gasteiger partial charge in [-0.15, -0.1) is 11.3 Å². The molecule has 0 spiro atoms. The molecule has 2 rings (SSSR count). The van der Waals surface area contributed by atoms with Crippen LogP contribution in [0.3, 0.4) is 0 Å². The number of carbonyl (C=O) groups excluding carboxylic acids is 1. The zero-order valence-electron chi connectivity index (χ0n) is 12.5. The molecular formula is C16H19NO3S. The van der Waals surface area contributed by atoms with Gasteiger partial charge in [0.1, 0.15) is 11.5 Å². The number of methoxy groups -OCH3 is 2. The molecule has 0 aliphatic rings. The van der Waals surface area contributed by atoms with Crippen LogP contribution in [0.2, 0.25) is 0 Å². The third-order valence-corrected chi connectivity index (χ3v) is 4.09. The Labute approximate surface area is 128 Å². The second-order valence-corrected chi connectivity index (χ2v) is 5.72. The van der Waals surface area contributed by atoms with Crippen LogP contribution in [0.25, 0.3) is 0 Å². The molecule has 1 amide bonds. The summed E-state index contributed by atoms with van der Waals surface area (Å²) in [7, 11) is 5.02. The minimum Gasteiger partial charge on any atom is -0.497 e. The van der Waals surface area contributed by atoms with Crippen LogP contribution in [0.5, 0.6) is 11.5 Å². The van der Waals surface area contributed by atoms with Gasteiger partial charge >= 0.3 is 0 Å². The number of rotatable bonds is 6. The van der Waals surface area contributed by atoms with Crippen molar-refractivity contribution in [3.8, 4) is 11.5 Å². The maximum Gasteiger partial charge on any atom is 0.227 e. The van der Waals surface area contributed by atoms with Gasteiger partial charge in [-0.1, -0.05) is 6.07 Å². The molecule has 0 aliphatic heterocycles. The van der Waals surface area contributed by atoms with Crippen LogP contribution < -0.4 is 9.47 Å². The van der Waals surface area contributed by atoms with Crippen LogP contribution in [-0.2, 0) is 17.8 Å². The molecule has 0 fully saturated rings. The molecule has 21 heavy (non-hydrogen) atoms. The average Bonchev–Trinajstić information content (AvgIpc) is 2.99. The minimum atomic E-state index is 0.0509. The molecular weight excluding hydrogens is 286 g/mol. The van der Waals surface area contributed by atoms with Crippen molar-refractivity contribution >= 4 is 17.2 Å². The second kappa shape index (κ2) is 7.13. The Hall–Kier alpha value is -2.01. The predicted octanol–water partition coefficient (Wildman–Crippen LogP) is 2.97. The van der Waals surface area contributed by atoms with Crippen molar-refractivity contribution in [2.45, 2.75) is 13.0 Å². The normalized spacial score (nSPS) is 10.2. The number of ether oxygens (including phenoxy) is 2. The smallest absolute Gasteiger partial charge is 0.227 e. The lowest BCUT2D eigenvalue weighted by Crippen LogP contribution is -2.27. The zero-order chi connectivity index (χ0) is 15.2. The van der Waals surface area contributed by atoms with Crippen molar-refractivity contribution in [3.05, 3.63) is 46.2 Å². The van der Waals surface area contributed by atoms with E-state index in [1.165, 1.54) is 4.88 Å². The molecule has 1 aromatic heterocycles. The molecule has 0 saturated carbocycles. The molecule has 0 saturated heterocycles. The number of nitrogens with zero attached hydrogens (tertiary/aromatic N) is 1. The van der Waals surface area contributed by atoms with Gasteiger partial charge in [-0.25, -0.2) is 0 Å². The summed E-state index contributed by atoms with van der Waals surface area (Å²) in [6.07, 6.45) is 0.294. The molecule has 0 unspecified atom stereocenters. The van der Waals surface area contributed by atoms with Gasteiger partial charge in [-0.3, -0.25) is 4.79 Å². The summed E-state index contributed by atoms with van der Waals surface area (Å²) in [6, 6.07) is 9.50. The van der Waals surface area contributed by atoms with Gasteiger partial charge in [-0.2, -0.15) is 0 Å². The largest absolute Gasteiger partial charge is 0.497 e. The zero-order valence-corrected chi connectivity index (χ0v) is 13.3. The molecule has 4 nitrogen and oxygen atoms in total. The van der Waals surface area contributed by atoms with Gasteiger partial charge in [0.15, 0.2) is 0 Å². The topological polar surface area (TPSA) is 38.8 Å². The van der Waals surface area contributed by atoms with Crippen molar-refractivity contribution in [3.63, 3.8) is 0 Å². The van der Waals surface area contributed by atoms with Crippen LogP contribution in [0, 0.1) is 0 Å². The van der Waals surface area contributed by atoms with E-state index in [2.05, 4.69) is 0 Å². The van der Waals surface area contributed by atoms with Crippen molar-refractivity contribution in [2.75, 3.05) is 21.3 Å². The van der Waals surface area contributed by atoms with Gasteiger partial charge in [-0.05, 0) is 29.6 Å².